The Morgan fingerprint density at radius 1 is 1.31 bits per heavy atom. The Morgan fingerprint density at radius 2 is 2.06 bits per heavy atom. The molecule has 3 N–H and O–H groups in total. The summed E-state index contributed by atoms with van der Waals surface area (Å²) in [4.78, 5) is 0. The van der Waals surface area contributed by atoms with E-state index >= 15 is 0 Å². The number of rotatable bonds is 10. The Bertz CT molecular complexity index is 179. The molecule has 16 heavy (non-hydrogen) atoms. The Kier molecular flexibility index (Phi) is 6.28. The van der Waals surface area contributed by atoms with Crippen molar-refractivity contribution in [2.24, 2.45) is 17.1 Å². The largest absolute Gasteiger partial charge is 0.396 e. The summed E-state index contributed by atoms with van der Waals surface area (Å²) < 4.78 is 10.3. The first kappa shape index (κ1) is 13.9. The van der Waals surface area contributed by atoms with Gasteiger partial charge in [-0.05, 0) is 18.8 Å². The first-order chi connectivity index (χ1) is 7.76. The maximum absolute atomic E-state index is 9.50. The molecule has 4 heteroatoms. The first-order valence-electron chi connectivity index (χ1n) is 6.14. The van der Waals surface area contributed by atoms with Crippen LogP contribution in [-0.4, -0.2) is 45.2 Å². The lowest BCUT2D eigenvalue weighted by molar-refractivity contribution is 0.0310. The first-order valence-corrected chi connectivity index (χ1v) is 6.14. The van der Waals surface area contributed by atoms with Gasteiger partial charge in [0.05, 0.1) is 13.2 Å². The zero-order valence-electron chi connectivity index (χ0n) is 10.3. The van der Waals surface area contributed by atoms with Crippen molar-refractivity contribution in [3.8, 4) is 0 Å². The van der Waals surface area contributed by atoms with Crippen molar-refractivity contribution in [2.45, 2.75) is 25.7 Å². The van der Waals surface area contributed by atoms with E-state index in [9.17, 15) is 5.11 Å². The molecule has 0 amide bonds. The predicted octanol–water partition coefficient (Wildman–Crippen LogP) is 0.777. The highest BCUT2D eigenvalue weighted by atomic mass is 16.5. The average molecular weight is 231 g/mol. The Balaban J connectivity index is 2.20. The molecule has 0 radical (unpaired) electrons. The third kappa shape index (κ3) is 4.78. The number of aliphatic hydroxyl groups is 1. The zero-order chi connectivity index (χ0) is 11.9. The molecule has 0 bridgehead atoms. The van der Waals surface area contributed by atoms with E-state index in [1.807, 2.05) is 0 Å². The summed E-state index contributed by atoms with van der Waals surface area (Å²) in [5.74, 6) is 0.787. The van der Waals surface area contributed by atoms with Crippen LogP contribution in [0.5, 0.6) is 0 Å². The molecule has 0 aliphatic heterocycles. The van der Waals surface area contributed by atoms with Crippen LogP contribution in [0.1, 0.15) is 25.7 Å². The van der Waals surface area contributed by atoms with Gasteiger partial charge in [-0.25, -0.2) is 0 Å². The maximum atomic E-state index is 9.50. The molecular formula is C12H25NO3. The molecule has 0 aromatic heterocycles. The van der Waals surface area contributed by atoms with Crippen LogP contribution in [0.15, 0.2) is 0 Å². The van der Waals surface area contributed by atoms with Gasteiger partial charge in [-0.3, -0.25) is 0 Å². The van der Waals surface area contributed by atoms with E-state index in [0.717, 1.165) is 18.8 Å². The lowest BCUT2D eigenvalue weighted by atomic mass is 9.80. The molecule has 1 unspecified atom stereocenters. The third-order valence-electron chi connectivity index (χ3n) is 3.40. The van der Waals surface area contributed by atoms with Crippen LogP contribution in [0.2, 0.25) is 0 Å². The van der Waals surface area contributed by atoms with Crippen molar-refractivity contribution in [3.05, 3.63) is 0 Å². The minimum atomic E-state index is -0.117. The van der Waals surface area contributed by atoms with Crippen LogP contribution in [0.25, 0.3) is 0 Å². The van der Waals surface area contributed by atoms with Gasteiger partial charge in [-0.15, -0.1) is 0 Å². The zero-order valence-corrected chi connectivity index (χ0v) is 10.3. The minimum Gasteiger partial charge on any atom is -0.396 e. The quantitative estimate of drug-likeness (QED) is 0.545. The molecule has 0 heterocycles. The fraction of sp³-hybridized carbons (Fsp3) is 1.00. The molecule has 4 nitrogen and oxygen atoms in total. The topological polar surface area (TPSA) is 64.7 Å². The second kappa shape index (κ2) is 7.22. The molecule has 1 rings (SSSR count). The van der Waals surface area contributed by atoms with Crippen molar-refractivity contribution in [2.75, 3.05) is 40.1 Å². The Labute approximate surface area is 98.1 Å². The minimum absolute atomic E-state index is 0.117. The Morgan fingerprint density at radius 3 is 2.56 bits per heavy atom. The smallest absolute Gasteiger partial charge is 0.0700 e. The van der Waals surface area contributed by atoms with Gasteiger partial charge < -0.3 is 20.3 Å². The van der Waals surface area contributed by atoms with Gasteiger partial charge in [0.15, 0.2) is 0 Å². The normalized spacial score (nSPS) is 19.7. The summed E-state index contributed by atoms with van der Waals surface area (Å²) in [6.07, 6.45) is 4.49. The number of aliphatic hydroxyl groups excluding tert-OH is 1. The van der Waals surface area contributed by atoms with Crippen LogP contribution in [0.4, 0.5) is 0 Å². The summed E-state index contributed by atoms with van der Waals surface area (Å²) >= 11 is 0. The SMILES string of the molecule is COCCOCCC(CN)(CO)CC1CC1. The maximum Gasteiger partial charge on any atom is 0.0700 e. The van der Waals surface area contributed by atoms with Crippen LogP contribution in [0, 0.1) is 11.3 Å². The highest BCUT2D eigenvalue weighted by molar-refractivity contribution is 4.87. The predicted molar refractivity (Wildman–Crippen MR) is 63.2 cm³/mol. The van der Waals surface area contributed by atoms with Gasteiger partial charge in [0.1, 0.15) is 0 Å². The molecule has 96 valence electrons. The van der Waals surface area contributed by atoms with Gasteiger partial charge in [0.2, 0.25) is 0 Å². The lowest BCUT2D eigenvalue weighted by Gasteiger charge is -2.30. The van der Waals surface area contributed by atoms with E-state index in [1.165, 1.54) is 12.8 Å². The van der Waals surface area contributed by atoms with Gasteiger partial charge in [0.25, 0.3) is 0 Å². The molecular weight excluding hydrogens is 206 g/mol. The van der Waals surface area contributed by atoms with Gasteiger partial charge in [0, 0.05) is 32.3 Å². The highest BCUT2D eigenvalue weighted by Gasteiger charge is 2.35. The summed E-state index contributed by atoms with van der Waals surface area (Å²) in [7, 11) is 1.66. The van der Waals surface area contributed by atoms with E-state index in [2.05, 4.69) is 0 Å². The highest BCUT2D eigenvalue weighted by Crippen LogP contribution is 2.41. The van der Waals surface area contributed by atoms with Crippen molar-refractivity contribution in [1.29, 1.82) is 0 Å². The summed E-state index contributed by atoms with van der Waals surface area (Å²) in [6.45, 7) is 2.62. The van der Waals surface area contributed by atoms with Crippen LogP contribution in [-0.2, 0) is 9.47 Å². The van der Waals surface area contributed by atoms with Gasteiger partial charge in [-0.2, -0.15) is 0 Å². The molecule has 1 atom stereocenters. The van der Waals surface area contributed by atoms with Crippen LogP contribution < -0.4 is 5.73 Å². The molecule has 0 aromatic rings. The summed E-state index contributed by atoms with van der Waals surface area (Å²) in [5, 5.41) is 9.50. The second-order valence-electron chi connectivity index (χ2n) is 4.86. The molecule has 1 fully saturated rings. The monoisotopic (exact) mass is 231 g/mol. The number of hydrogen-bond donors (Lipinski definition) is 2. The van der Waals surface area contributed by atoms with Crippen molar-refractivity contribution >= 4 is 0 Å². The van der Waals surface area contributed by atoms with E-state index < -0.39 is 0 Å². The standard InChI is InChI=1S/C12H25NO3/c1-15-6-7-16-5-4-12(9-13,10-14)8-11-2-3-11/h11,14H,2-10,13H2,1H3. The van der Waals surface area contributed by atoms with Gasteiger partial charge >= 0.3 is 0 Å². The lowest BCUT2D eigenvalue weighted by Crippen LogP contribution is -2.36. The Hall–Kier alpha value is -0.160. The number of hydrogen-bond acceptors (Lipinski definition) is 4. The van der Waals surface area contributed by atoms with Crippen molar-refractivity contribution < 1.29 is 14.6 Å². The van der Waals surface area contributed by atoms with Crippen molar-refractivity contribution in [1.82, 2.24) is 0 Å². The average Bonchev–Trinajstić information content (AvgIpc) is 3.11. The number of ether oxygens (including phenoxy) is 2. The fourth-order valence-corrected chi connectivity index (χ4v) is 1.96. The number of methoxy groups -OCH3 is 1. The van der Waals surface area contributed by atoms with Crippen molar-refractivity contribution in [3.63, 3.8) is 0 Å². The molecule has 0 aromatic carbocycles. The van der Waals surface area contributed by atoms with Crippen LogP contribution >= 0.6 is 0 Å². The fourth-order valence-electron chi connectivity index (χ4n) is 1.96. The van der Waals surface area contributed by atoms with E-state index in [0.29, 0.717) is 26.4 Å². The second-order valence-corrected chi connectivity index (χ2v) is 4.86. The third-order valence-corrected chi connectivity index (χ3v) is 3.40. The molecule has 1 aliphatic carbocycles. The van der Waals surface area contributed by atoms with E-state index in [-0.39, 0.29) is 12.0 Å². The summed E-state index contributed by atoms with van der Waals surface area (Å²) in [6, 6.07) is 0. The van der Waals surface area contributed by atoms with E-state index in [1.54, 1.807) is 7.11 Å². The van der Waals surface area contributed by atoms with Crippen LogP contribution in [0.3, 0.4) is 0 Å². The molecule has 0 spiro atoms. The summed E-state index contributed by atoms with van der Waals surface area (Å²) in [5.41, 5.74) is 5.68. The molecule has 0 saturated heterocycles. The van der Waals surface area contributed by atoms with E-state index in [4.69, 9.17) is 15.2 Å². The molecule has 1 aliphatic rings. The number of nitrogens with two attached hydrogens (primary N) is 1. The van der Waals surface area contributed by atoms with Gasteiger partial charge in [-0.1, -0.05) is 12.8 Å². The molecule has 1 saturated carbocycles.